The Kier molecular flexibility index (Phi) is 5.09. The number of nitrogens with two attached hydrogens (primary N) is 1. The third-order valence-electron chi connectivity index (χ3n) is 2.92. The van der Waals surface area contributed by atoms with Crippen LogP contribution < -0.4 is 15.8 Å². The predicted octanol–water partition coefficient (Wildman–Crippen LogP) is 3.62. The second kappa shape index (κ2) is 6.83. The molecule has 0 saturated heterocycles. The Morgan fingerprint density at radius 1 is 1.33 bits per heavy atom. The molecule has 2 aromatic carbocycles. The average molecular weight is 370 g/mol. The maximum absolute atomic E-state index is 12.1. The predicted molar refractivity (Wildman–Crippen MR) is 87.7 cm³/mol. The molecule has 0 radical (unpaired) electrons. The van der Waals surface area contributed by atoms with Crippen molar-refractivity contribution in [3.8, 4) is 5.75 Å². The molecule has 0 aromatic heterocycles. The van der Waals surface area contributed by atoms with Gasteiger partial charge in [-0.25, -0.2) is 0 Å². The van der Waals surface area contributed by atoms with Gasteiger partial charge in [0.15, 0.2) is 0 Å². The van der Waals surface area contributed by atoms with Gasteiger partial charge in [0.2, 0.25) is 0 Å². The van der Waals surface area contributed by atoms with Crippen molar-refractivity contribution in [2.24, 2.45) is 0 Å². The van der Waals surface area contributed by atoms with Crippen LogP contribution >= 0.6 is 27.5 Å². The van der Waals surface area contributed by atoms with Crippen molar-refractivity contribution in [1.82, 2.24) is 5.32 Å². The van der Waals surface area contributed by atoms with Crippen molar-refractivity contribution >= 4 is 39.1 Å². The molecule has 0 saturated carbocycles. The minimum Gasteiger partial charge on any atom is -0.495 e. The number of rotatable bonds is 4. The smallest absolute Gasteiger partial charge is 0.253 e. The molecule has 0 unspecified atom stereocenters. The number of nitrogens with one attached hydrogen (secondary N) is 1. The van der Waals surface area contributed by atoms with E-state index in [2.05, 4.69) is 21.2 Å². The lowest BCUT2D eigenvalue weighted by atomic mass is 10.1. The van der Waals surface area contributed by atoms with Crippen LogP contribution in [0.1, 0.15) is 15.9 Å². The van der Waals surface area contributed by atoms with Gasteiger partial charge in [0, 0.05) is 11.0 Å². The van der Waals surface area contributed by atoms with Crippen molar-refractivity contribution in [1.29, 1.82) is 0 Å². The summed E-state index contributed by atoms with van der Waals surface area (Å²) in [6.45, 7) is 0.357. The first-order chi connectivity index (χ1) is 10.0. The van der Waals surface area contributed by atoms with Crippen LogP contribution in [-0.4, -0.2) is 13.0 Å². The summed E-state index contributed by atoms with van der Waals surface area (Å²) in [4.78, 5) is 12.1. The van der Waals surface area contributed by atoms with E-state index >= 15 is 0 Å². The van der Waals surface area contributed by atoms with Gasteiger partial charge in [-0.2, -0.15) is 0 Å². The van der Waals surface area contributed by atoms with Crippen molar-refractivity contribution in [2.75, 3.05) is 12.8 Å². The molecule has 1 amide bonds. The Bertz CT molecular complexity index is 677. The number of halogens is 2. The molecule has 3 N–H and O–H groups in total. The molecule has 6 heteroatoms. The van der Waals surface area contributed by atoms with E-state index in [4.69, 9.17) is 22.1 Å². The fourth-order valence-electron chi connectivity index (χ4n) is 1.84. The summed E-state index contributed by atoms with van der Waals surface area (Å²) < 4.78 is 5.89. The first-order valence-electron chi connectivity index (χ1n) is 6.17. The summed E-state index contributed by atoms with van der Waals surface area (Å²) in [5, 5.41) is 3.21. The Labute approximate surface area is 136 Å². The number of ether oxygens (including phenoxy) is 1. The van der Waals surface area contributed by atoms with Crippen LogP contribution in [0.4, 0.5) is 5.69 Å². The van der Waals surface area contributed by atoms with Gasteiger partial charge in [-0.05, 0) is 35.9 Å². The molecule has 0 spiro atoms. The molecule has 21 heavy (non-hydrogen) atoms. The highest BCUT2D eigenvalue weighted by atomic mass is 79.9. The summed E-state index contributed by atoms with van der Waals surface area (Å²) in [6, 6.07) is 10.5. The standard InChI is InChI=1S/C15H14BrClN2O2/c1-21-14-5-2-9(6-13(14)18)8-19-15(20)11-7-10(16)3-4-12(11)17/h2-7H,8,18H2,1H3,(H,19,20). The van der Waals surface area contributed by atoms with Gasteiger partial charge in [-0.3, -0.25) is 4.79 Å². The van der Waals surface area contributed by atoms with E-state index in [-0.39, 0.29) is 5.91 Å². The van der Waals surface area contributed by atoms with Crippen molar-refractivity contribution in [2.45, 2.75) is 6.54 Å². The lowest BCUT2D eigenvalue weighted by molar-refractivity contribution is 0.0951. The summed E-state index contributed by atoms with van der Waals surface area (Å²) in [7, 11) is 1.56. The van der Waals surface area contributed by atoms with Crippen molar-refractivity contribution in [3.63, 3.8) is 0 Å². The second-order valence-electron chi connectivity index (χ2n) is 4.38. The van der Waals surface area contributed by atoms with Gasteiger partial charge in [0.1, 0.15) is 5.75 Å². The quantitative estimate of drug-likeness (QED) is 0.809. The van der Waals surface area contributed by atoms with E-state index < -0.39 is 0 Å². The van der Waals surface area contributed by atoms with Crippen LogP contribution in [-0.2, 0) is 6.54 Å². The largest absolute Gasteiger partial charge is 0.495 e. The van der Waals surface area contributed by atoms with E-state index in [1.807, 2.05) is 6.07 Å². The zero-order valence-electron chi connectivity index (χ0n) is 11.3. The van der Waals surface area contributed by atoms with E-state index in [0.29, 0.717) is 28.6 Å². The van der Waals surface area contributed by atoms with Crippen LogP contribution in [0.15, 0.2) is 40.9 Å². The molecule has 0 aliphatic heterocycles. The number of amides is 1. The van der Waals surface area contributed by atoms with Crippen LogP contribution in [0.3, 0.4) is 0 Å². The molecule has 0 aliphatic carbocycles. The Morgan fingerprint density at radius 3 is 2.76 bits per heavy atom. The molecule has 0 bridgehead atoms. The monoisotopic (exact) mass is 368 g/mol. The molecule has 0 heterocycles. The Balaban J connectivity index is 2.07. The number of anilines is 1. The summed E-state index contributed by atoms with van der Waals surface area (Å²) >= 11 is 9.34. The number of carbonyl (C=O) groups is 1. The Morgan fingerprint density at radius 2 is 2.10 bits per heavy atom. The SMILES string of the molecule is COc1ccc(CNC(=O)c2cc(Br)ccc2Cl)cc1N. The van der Waals surface area contributed by atoms with Crippen LogP contribution in [0.2, 0.25) is 5.02 Å². The van der Waals surface area contributed by atoms with E-state index in [1.54, 1.807) is 37.4 Å². The molecule has 2 aromatic rings. The lowest BCUT2D eigenvalue weighted by Gasteiger charge is -2.09. The average Bonchev–Trinajstić information content (AvgIpc) is 2.47. The molecular weight excluding hydrogens is 356 g/mol. The zero-order valence-corrected chi connectivity index (χ0v) is 13.7. The number of carbonyl (C=O) groups excluding carboxylic acids is 1. The molecule has 0 aliphatic rings. The molecule has 0 fully saturated rings. The van der Waals surface area contributed by atoms with Gasteiger partial charge in [0.05, 0.1) is 23.4 Å². The van der Waals surface area contributed by atoms with Gasteiger partial charge in [-0.15, -0.1) is 0 Å². The highest BCUT2D eigenvalue weighted by molar-refractivity contribution is 9.10. The number of hydrogen-bond acceptors (Lipinski definition) is 3. The highest BCUT2D eigenvalue weighted by Crippen LogP contribution is 2.23. The summed E-state index contributed by atoms with van der Waals surface area (Å²) in [5.41, 5.74) is 7.67. The summed E-state index contributed by atoms with van der Waals surface area (Å²) in [5.74, 6) is 0.371. The molecule has 4 nitrogen and oxygen atoms in total. The number of benzene rings is 2. The van der Waals surface area contributed by atoms with E-state index in [0.717, 1.165) is 10.0 Å². The fraction of sp³-hybridized carbons (Fsp3) is 0.133. The van der Waals surface area contributed by atoms with Crippen molar-refractivity contribution < 1.29 is 9.53 Å². The first-order valence-corrected chi connectivity index (χ1v) is 7.34. The number of methoxy groups -OCH3 is 1. The minimum absolute atomic E-state index is 0.240. The van der Waals surface area contributed by atoms with E-state index in [1.165, 1.54) is 0 Å². The minimum atomic E-state index is -0.240. The molecular formula is C15H14BrClN2O2. The maximum atomic E-state index is 12.1. The maximum Gasteiger partial charge on any atom is 0.253 e. The Hall–Kier alpha value is -1.72. The first kappa shape index (κ1) is 15.7. The van der Waals surface area contributed by atoms with Crippen molar-refractivity contribution in [3.05, 3.63) is 57.0 Å². The third-order valence-corrected chi connectivity index (χ3v) is 3.74. The van der Waals surface area contributed by atoms with E-state index in [9.17, 15) is 4.79 Å². The van der Waals surface area contributed by atoms with Gasteiger partial charge in [-0.1, -0.05) is 33.6 Å². The van der Waals surface area contributed by atoms with Crippen LogP contribution in [0, 0.1) is 0 Å². The van der Waals surface area contributed by atoms with Gasteiger partial charge >= 0.3 is 0 Å². The van der Waals surface area contributed by atoms with Gasteiger partial charge in [0.25, 0.3) is 5.91 Å². The molecule has 0 atom stereocenters. The number of hydrogen-bond donors (Lipinski definition) is 2. The van der Waals surface area contributed by atoms with Crippen LogP contribution in [0.25, 0.3) is 0 Å². The number of nitrogen functional groups attached to an aromatic ring is 1. The normalized spacial score (nSPS) is 10.2. The molecule has 2 rings (SSSR count). The highest BCUT2D eigenvalue weighted by Gasteiger charge is 2.11. The summed E-state index contributed by atoms with van der Waals surface area (Å²) in [6.07, 6.45) is 0. The lowest BCUT2D eigenvalue weighted by Crippen LogP contribution is -2.23. The zero-order chi connectivity index (χ0) is 15.4. The second-order valence-corrected chi connectivity index (χ2v) is 5.71. The van der Waals surface area contributed by atoms with Gasteiger partial charge < -0.3 is 15.8 Å². The fourth-order valence-corrected chi connectivity index (χ4v) is 2.41. The third kappa shape index (κ3) is 3.89. The molecule has 110 valence electrons. The van der Waals surface area contributed by atoms with Crippen LogP contribution in [0.5, 0.6) is 5.75 Å². The topological polar surface area (TPSA) is 64.3 Å².